The van der Waals surface area contributed by atoms with Crippen LogP contribution < -0.4 is 10.6 Å². The minimum atomic E-state index is -1.19. The van der Waals surface area contributed by atoms with Gasteiger partial charge in [-0.05, 0) is 36.2 Å². The van der Waals surface area contributed by atoms with Gasteiger partial charge in [-0.25, -0.2) is 18.6 Å². The number of hydrogen-bond acceptors (Lipinski definition) is 4. The Morgan fingerprint density at radius 3 is 2.50 bits per heavy atom. The maximum Gasteiger partial charge on any atom is 0.327 e. The summed E-state index contributed by atoms with van der Waals surface area (Å²) in [7, 11) is 0. The molecule has 0 spiro atoms. The zero-order valence-corrected chi connectivity index (χ0v) is 13.7. The molecular weight excluding hydrogens is 342 g/mol. The summed E-state index contributed by atoms with van der Waals surface area (Å²) in [6.07, 6.45) is 2.14. The molecule has 3 aromatic rings. The molecule has 0 saturated carbocycles. The molecule has 2 aromatic carbocycles. The fraction of sp³-hybridized carbons (Fsp3) is 0.111. The molecule has 0 aliphatic rings. The maximum atomic E-state index is 13.6. The third-order valence-electron chi connectivity index (χ3n) is 3.67. The van der Waals surface area contributed by atoms with Gasteiger partial charge in [0.15, 0.2) is 5.82 Å². The molecule has 3 amide bonds. The molecule has 132 valence electrons. The third-order valence-corrected chi connectivity index (χ3v) is 3.67. The SMILES string of the molecule is CCc1ccc2ncc(NC(=O)NC(=O)c3c(F)cccc3F)nc2c1. The summed E-state index contributed by atoms with van der Waals surface area (Å²) >= 11 is 0. The van der Waals surface area contributed by atoms with E-state index in [2.05, 4.69) is 15.3 Å². The van der Waals surface area contributed by atoms with Crippen molar-refractivity contribution >= 4 is 28.8 Å². The van der Waals surface area contributed by atoms with Crippen LogP contribution in [-0.2, 0) is 6.42 Å². The topological polar surface area (TPSA) is 84.0 Å². The Morgan fingerprint density at radius 1 is 1.08 bits per heavy atom. The zero-order chi connectivity index (χ0) is 18.7. The van der Waals surface area contributed by atoms with E-state index < -0.39 is 29.1 Å². The molecule has 0 unspecified atom stereocenters. The van der Waals surface area contributed by atoms with Crippen molar-refractivity contribution in [3.63, 3.8) is 0 Å². The van der Waals surface area contributed by atoms with Crippen LogP contribution in [0.3, 0.4) is 0 Å². The van der Waals surface area contributed by atoms with E-state index in [9.17, 15) is 18.4 Å². The number of imide groups is 1. The lowest BCUT2D eigenvalue weighted by molar-refractivity contribution is 0.0959. The van der Waals surface area contributed by atoms with Crippen LogP contribution in [0.4, 0.5) is 19.4 Å². The van der Waals surface area contributed by atoms with Gasteiger partial charge in [-0.3, -0.25) is 20.4 Å². The highest BCUT2D eigenvalue weighted by Crippen LogP contribution is 2.15. The van der Waals surface area contributed by atoms with Crippen LogP contribution >= 0.6 is 0 Å². The molecule has 0 atom stereocenters. The summed E-state index contributed by atoms with van der Waals surface area (Å²) in [4.78, 5) is 32.2. The number of carbonyl (C=O) groups excluding carboxylic acids is 2. The molecule has 8 heteroatoms. The second kappa shape index (κ2) is 7.22. The van der Waals surface area contributed by atoms with E-state index in [0.29, 0.717) is 11.0 Å². The van der Waals surface area contributed by atoms with Crippen molar-refractivity contribution in [1.29, 1.82) is 0 Å². The summed E-state index contributed by atoms with van der Waals surface area (Å²) < 4.78 is 27.1. The largest absolute Gasteiger partial charge is 0.327 e. The van der Waals surface area contributed by atoms with Gasteiger partial charge < -0.3 is 0 Å². The van der Waals surface area contributed by atoms with E-state index in [1.807, 2.05) is 30.4 Å². The van der Waals surface area contributed by atoms with Crippen LogP contribution in [0, 0.1) is 11.6 Å². The van der Waals surface area contributed by atoms with Crippen LogP contribution in [-0.4, -0.2) is 21.9 Å². The minimum absolute atomic E-state index is 0.102. The minimum Gasteiger partial charge on any atom is -0.291 e. The van der Waals surface area contributed by atoms with Crippen molar-refractivity contribution in [3.8, 4) is 0 Å². The quantitative estimate of drug-likeness (QED) is 0.753. The van der Waals surface area contributed by atoms with E-state index in [1.54, 1.807) is 0 Å². The Kier molecular flexibility index (Phi) is 4.83. The Hall–Kier alpha value is -3.42. The first-order valence-corrected chi connectivity index (χ1v) is 7.80. The van der Waals surface area contributed by atoms with E-state index in [4.69, 9.17) is 0 Å². The zero-order valence-electron chi connectivity index (χ0n) is 13.7. The molecule has 2 N–H and O–H groups in total. The highest BCUT2D eigenvalue weighted by molar-refractivity contribution is 6.08. The highest BCUT2D eigenvalue weighted by Gasteiger charge is 2.19. The fourth-order valence-corrected chi connectivity index (χ4v) is 2.37. The van der Waals surface area contributed by atoms with Crippen LogP contribution in [0.5, 0.6) is 0 Å². The Morgan fingerprint density at radius 2 is 1.81 bits per heavy atom. The molecule has 26 heavy (non-hydrogen) atoms. The summed E-state index contributed by atoms with van der Waals surface area (Å²) in [5.74, 6) is -3.22. The van der Waals surface area contributed by atoms with Gasteiger partial charge >= 0.3 is 6.03 Å². The number of anilines is 1. The van der Waals surface area contributed by atoms with Crippen molar-refractivity contribution < 1.29 is 18.4 Å². The first-order chi connectivity index (χ1) is 12.5. The molecule has 0 saturated heterocycles. The summed E-state index contributed by atoms with van der Waals surface area (Å²) in [6, 6.07) is 7.58. The van der Waals surface area contributed by atoms with Gasteiger partial charge in [0.1, 0.15) is 17.2 Å². The second-order valence-corrected chi connectivity index (χ2v) is 5.44. The van der Waals surface area contributed by atoms with E-state index in [1.165, 1.54) is 6.20 Å². The van der Waals surface area contributed by atoms with Crippen LogP contribution in [0.15, 0.2) is 42.6 Å². The van der Waals surface area contributed by atoms with E-state index >= 15 is 0 Å². The van der Waals surface area contributed by atoms with Crippen molar-refractivity contribution in [2.75, 3.05) is 5.32 Å². The van der Waals surface area contributed by atoms with Gasteiger partial charge in [0.25, 0.3) is 5.91 Å². The highest BCUT2D eigenvalue weighted by atomic mass is 19.1. The molecule has 0 aliphatic heterocycles. The second-order valence-electron chi connectivity index (χ2n) is 5.44. The van der Waals surface area contributed by atoms with Crippen molar-refractivity contribution in [1.82, 2.24) is 15.3 Å². The Balaban J connectivity index is 1.75. The van der Waals surface area contributed by atoms with Crippen molar-refractivity contribution in [2.45, 2.75) is 13.3 Å². The van der Waals surface area contributed by atoms with Gasteiger partial charge in [0.05, 0.1) is 17.2 Å². The number of hydrogen-bond donors (Lipinski definition) is 2. The first kappa shape index (κ1) is 17.4. The fourth-order valence-electron chi connectivity index (χ4n) is 2.37. The molecule has 0 radical (unpaired) electrons. The summed E-state index contributed by atoms with van der Waals surface area (Å²) in [5, 5.41) is 4.18. The predicted octanol–water partition coefficient (Wildman–Crippen LogP) is 3.43. The predicted molar refractivity (Wildman–Crippen MR) is 91.8 cm³/mol. The molecule has 1 aromatic heterocycles. The molecule has 0 bridgehead atoms. The number of urea groups is 1. The Bertz CT molecular complexity index is 987. The number of aryl methyl sites for hydroxylation is 1. The molecule has 0 aliphatic carbocycles. The lowest BCUT2D eigenvalue weighted by atomic mass is 10.1. The number of benzene rings is 2. The molecule has 1 heterocycles. The average Bonchev–Trinajstić information content (AvgIpc) is 2.60. The number of fused-ring (bicyclic) bond motifs is 1. The summed E-state index contributed by atoms with van der Waals surface area (Å²) in [6.45, 7) is 2.00. The van der Waals surface area contributed by atoms with Crippen LogP contribution in [0.1, 0.15) is 22.8 Å². The number of nitrogens with one attached hydrogen (secondary N) is 2. The normalized spacial score (nSPS) is 10.6. The standard InChI is InChI=1S/C18H14F2N4O2/c1-2-10-6-7-13-14(8-10)22-15(9-21-13)23-18(26)24-17(25)16-11(19)4-3-5-12(16)20/h3-9H,2H2,1H3,(H2,22,23,24,25,26). The number of aromatic nitrogens is 2. The smallest absolute Gasteiger partial charge is 0.291 e. The Labute approximate surface area is 147 Å². The molecule has 6 nitrogen and oxygen atoms in total. The van der Waals surface area contributed by atoms with Gasteiger partial charge in [-0.2, -0.15) is 0 Å². The van der Waals surface area contributed by atoms with Crippen LogP contribution in [0.25, 0.3) is 11.0 Å². The van der Waals surface area contributed by atoms with Gasteiger partial charge in [-0.15, -0.1) is 0 Å². The maximum absolute atomic E-state index is 13.6. The van der Waals surface area contributed by atoms with Gasteiger partial charge in [0.2, 0.25) is 0 Å². The number of nitrogens with zero attached hydrogens (tertiary/aromatic N) is 2. The monoisotopic (exact) mass is 356 g/mol. The van der Waals surface area contributed by atoms with Crippen LogP contribution in [0.2, 0.25) is 0 Å². The number of halogens is 2. The lowest BCUT2D eigenvalue weighted by Gasteiger charge is -2.08. The molecule has 0 fully saturated rings. The number of amides is 3. The van der Waals surface area contributed by atoms with Gasteiger partial charge in [-0.1, -0.05) is 19.1 Å². The van der Waals surface area contributed by atoms with Gasteiger partial charge in [0, 0.05) is 0 Å². The third kappa shape index (κ3) is 3.64. The number of rotatable bonds is 3. The lowest BCUT2D eigenvalue weighted by Crippen LogP contribution is -2.35. The first-order valence-electron chi connectivity index (χ1n) is 7.80. The molecular formula is C18H14F2N4O2. The van der Waals surface area contributed by atoms with E-state index in [0.717, 1.165) is 30.2 Å². The van der Waals surface area contributed by atoms with E-state index in [-0.39, 0.29) is 5.82 Å². The molecule has 3 rings (SSSR count). The number of carbonyl (C=O) groups is 2. The summed E-state index contributed by atoms with van der Waals surface area (Å²) in [5.41, 5.74) is 1.45. The van der Waals surface area contributed by atoms with Crippen molar-refractivity contribution in [2.24, 2.45) is 0 Å². The van der Waals surface area contributed by atoms with Crippen molar-refractivity contribution in [3.05, 3.63) is 65.4 Å². The average molecular weight is 356 g/mol.